The van der Waals surface area contributed by atoms with Crippen molar-refractivity contribution in [3.63, 3.8) is 0 Å². The van der Waals surface area contributed by atoms with Crippen molar-refractivity contribution in [2.75, 3.05) is 11.5 Å². The Bertz CT molecular complexity index is 145. The van der Waals surface area contributed by atoms with Crippen LogP contribution in [0.25, 0.3) is 0 Å². The molecule has 2 unspecified atom stereocenters. The van der Waals surface area contributed by atoms with E-state index in [1.807, 2.05) is 0 Å². The lowest BCUT2D eigenvalue weighted by molar-refractivity contribution is 0.529. The van der Waals surface area contributed by atoms with Gasteiger partial charge in [-0.2, -0.15) is 36.2 Å². The van der Waals surface area contributed by atoms with Crippen LogP contribution in [-0.2, 0) is 0 Å². The Morgan fingerprint density at radius 2 is 1.92 bits per heavy atom. The van der Waals surface area contributed by atoms with E-state index in [1.165, 1.54) is 37.2 Å². The Labute approximate surface area is 89.0 Å². The Hall–Kier alpha value is 1.05. The van der Waals surface area contributed by atoms with E-state index in [9.17, 15) is 0 Å². The third kappa shape index (κ3) is 2.30. The van der Waals surface area contributed by atoms with Crippen LogP contribution in [0.5, 0.6) is 0 Å². The molecule has 2 aliphatic rings. The summed E-state index contributed by atoms with van der Waals surface area (Å²) in [7, 11) is 0. The Balaban J connectivity index is 1.76. The maximum Gasteiger partial charge on any atom is 0.0231 e. The van der Waals surface area contributed by atoms with Crippen molar-refractivity contribution in [3.8, 4) is 0 Å². The topological polar surface area (TPSA) is 0 Å². The quantitative estimate of drug-likeness (QED) is 0.710. The summed E-state index contributed by atoms with van der Waals surface area (Å²) < 4.78 is 0. The monoisotopic (exact) mass is 220 g/mol. The molecule has 0 spiro atoms. The van der Waals surface area contributed by atoms with E-state index in [1.54, 1.807) is 0 Å². The molecule has 0 aromatic carbocycles. The Morgan fingerprint density at radius 1 is 1.17 bits per heavy atom. The first-order chi connectivity index (χ1) is 5.86. The van der Waals surface area contributed by atoms with E-state index in [0.717, 1.165) is 10.5 Å². The average molecular weight is 220 g/mol. The molecule has 0 aromatic rings. The molecule has 0 radical (unpaired) electrons. The number of rotatable bonds is 2. The van der Waals surface area contributed by atoms with Gasteiger partial charge in [0.15, 0.2) is 0 Å². The van der Waals surface area contributed by atoms with Crippen LogP contribution >= 0.6 is 36.2 Å². The zero-order valence-electron chi connectivity index (χ0n) is 7.24. The third-order valence-electron chi connectivity index (χ3n) is 2.64. The van der Waals surface area contributed by atoms with Gasteiger partial charge in [0.2, 0.25) is 0 Å². The van der Waals surface area contributed by atoms with Gasteiger partial charge in [-0.1, -0.05) is 12.8 Å². The molecule has 3 heteroatoms. The van der Waals surface area contributed by atoms with Crippen LogP contribution in [0.3, 0.4) is 0 Å². The first kappa shape index (κ1) is 9.60. The molecule has 0 N–H and O–H groups in total. The predicted octanol–water partition coefficient (Wildman–Crippen LogP) is 3.08. The third-order valence-corrected chi connectivity index (χ3v) is 6.79. The zero-order valence-corrected chi connectivity index (χ0v) is 9.77. The van der Waals surface area contributed by atoms with Crippen molar-refractivity contribution in [2.45, 2.75) is 41.4 Å². The van der Waals surface area contributed by atoms with Gasteiger partial charge in [-0.15, -0.1) is 0 Å². The highest BCUT2D eigenvalue weighted by atomic mass is 32.2. The van der Waals surface area contributed by atoms with E-state index in [4.69, 9.17) is 0 Å². The molecule has 1 heterocycles. The number of hydrogen-bond donors (Lipinski definition) is 1. The van der Waals surface area contributed by atoms with E-state index >= 15 is 0 Å². The van der Waals surface area contributed by atoms with Crippen LogP contribution in [0.1, 0.15) is 25.7 Å². The van der Waals surface area contributed by atoms with Gasteiger partial charge in [0.1, 0.15) is 0 Å². The molecule has 1 saturated heterocycles. The van der Waals surface area contributed by atoms with Gasteiger partial charge in [-0.05, 0) is 12.8 Å². The lowest BCUT2D eigenvalue weighted by Gasteiger charge is -2.33. The molecule has 1 aliphatic carbocycles. The fourth-order valence-corrected chi connectivity index (χ4v) is 5.07. The highest BCUT2D eigenvalue weighted by Crippen LogP contribution is 2.39. The van der Waals surface area contributed by atoms with E-state index in [2.05, 4.69) is 36.2 Å². The Kier molecular flexibility index (Phi) is 3.61. The highest BCUT2D eigenvalue weighted by Gasteiger charge is 2.28. The van der Waals surface area contributed by atoms with Crippen LogP contribution in [0.4, 0.5) is 0 Å². The van der Waals surface area contributed by atoms with Crippen molar-refractivity contribution >= 4 is 36.2 Å². The van der Waals surface area contributed by atoms with Gasteiger partial charge in [-0.25, -0.2) is 0 Å². The van der Waals surface area contributed by atoms with Crippen LogP contribution in [-0.4, -0.2) is 27.3 Å². The lowest BCUT2D eigenvalue weighted by Crippen LogP contribution is -2.30. The summed E-state index contributed by atoms with van der Waals surface area (Å²) in [6.45, 7) is 0. The second kappa shape index (κ2) is 4.52. The van der Waals surface area contributed by atoms with Crippen LogP contribution < -0.4 is 0 Å². The molecule has 70 valence electrons. The summed E-state index contributed by atoms with van der Waals surface area (Å²) in [6.07, 6.45) is 5.61. The average Bonchev–Trinajstić information content (AvgIpc) is 2.00. The summed E-state index contributed by atoms with van der Waals surface area (Å²) in [6, 6.07) is 0. The zero-order chi connectivity index (χ0) is 8.39. The highest BCUT2D eigenvalue weighted by molar-refractivity contribution is 8.08. The summed E-state index contributed by atoms with van der Waals surface area (Å²) in [5.41, 5.74) is 0. The fourth-order valence-electron chi connectivity index (χ4n) is 1.78. The normalized spacial score (nSPS) is 37.8. The molecule has 0 amide bonds. The molecule has 2 fully saturated rings. The van der Waals surface area contributed by atoms with Gasteiger partial charge in [0.05, 0.1) is 0 Å². The summed E-state index contributed by atoms with van der Waals surface area (Å²) in [5.74, 6) is 2.78. The SMILES string of the molecule is SC1CCCCC1SC1CSC1. The molecule has 1 aliphatic heterocycles. The van der Waals surface area contributed by atoms with Gasteiger partial charge >= 0.3 is 0 Å². The van der Waals surface area contributed by atoms with Crippen LogP contribution in [0.2, 0.25) is 0 Å². The second-order valence-electron chi connectivity index (χ2n) is 3.69. The van der Waals surface area contributed by atoms with Crippen molar-refractivity contribution < 1.29 is 0 Å². The van der Waals surface area contributed by atoms with E-state index in [0.29, 0.717) is 5.25 Å². The molecular weight excluding hydrogens is 204 g/mol. The molecule has 2 rings (SSSR count). The number of thiol groups is 1. The fraction of sp³-hybridized carbons (Fsp3) is 1.00. The van der Waals surface area contributed by atoms with Crippen LogP contribution in [0, 0.1) is 0 Å². The summed E-state index contributed by atoms with van der Waals surface area (Å²) in [4.78, 5) is 0. The Morgan fingerprint density at radius 3 is 2.50 bits per heavy atom. The van der Waals surface area contributed by atoms with Crippen molar-refractivity contribution in [3.05, 3.63) is 0 Å². The van der Waals surface area contributed by atoms with Crippen molar-refractivity contribution in [1.82, 2.24) is 0 Å². The molecule has 0 aromatic heterocycles. The van der Waals surface area contributed by atoms with E-state index in [-0.39, 0.29) is 0 Å². The standard InChI is InChI=1S/C9H16S3/c10-8-3-1-2-4-9(8)12-7-5-11-6-7/h7-10H,1-6H2. The molecule has 1 saturated carbocycles. The summed E-state index contributed by atoms with van der Waals surface area (Å²) >= 11 is 8.97. The molecule has 0 bridgehead atoms. The smallest absolute Gasteiger partial charge is 0.0231 e. The van der Waals surface area contributed by atoms with Gasteiger partial charge in [0, 0.05) is 27.3 Å². The van der Waals surface area contributed by atoms with Crippen molar-refractivity contribution in [2.24, 2.45) is 0 Å². The maximum atomic E-state index is 4.67. The lowest BCUT2D eigenvalue weighted by atomic mass is 10.00. The maximum absolute atomic E-state index is 4.67. The minimum absolute atomic E-state index is 0.689. The molecule has 0 nitrogen and oxygen atoms in total. The second-order valence-corrected chi connectivity index (χ2v) is 6.97. The minimum Gasteiger partial charge on any atom is -0.175 e. The summed E-state index contributed by atoms with van der Waals surface area (Å²) in [5, 5.41) is 2.52. The van der Waals surface area contributed by atoms with Crippen LogP contribution in [0.15, 0.2) is 0 Å². The predicted molar refractivity (Wildman–Crippen MR) is 63.7 cm³/mol. The molecule has 12 heavy (non-hydrogen) atoms. The first-order valence-corrected chi connectivity index (χ1v) is 7.39. The van der Waals surface area contributed by atoms with E-state index < -0.39 is 0 Å². The number of thioether (sulfide) groups is 2. The first-order valence-electron chi connectivity index (χ1n) is 4.77. The number of hydrogen-bond acceptors (Lipinski definition) is 3. The minimum atomic E-state index is 0.689. The molecule has 2 atom stereocenters. The molecular formula is C9H16S3. The van der Waals surface area contributed by atoms with Gasteiger partial charge in [0.25, 0.3) is 0 Å². The van der Waals surface area contributed by atoms with Gasteiger partial charge in [-0.3, -0.25) is 0 Å². The largest absolute Gasteiger partial charge is 0.175 e. The van der Waals surface area contributed by atoms with Gasteiger partial charge < -0.3 is 0 Å². The van der Waals surface area contributed by atoms with Crippen molar-refractivity contribution in [1.29, 1.82) is 0 Å².